The Morgan fingerprint density at radius 2 is 1.64 bits per heavy atom. The predicted octanol–water partition coefficient (Wildman–Crippen LogP) is 4.25. The molecule has 1 aliphatic carbocycles. The zero-order valence-electron chi connectivity index (χ0n) is 24.4. The molecule has 42 heavy (non-hydrogen) atoms. The summed E-state index contributed by atoms with van der Waals surface area (Å²) >= 11 is 0. The Bertz CT molecular complexity index is 1480. The van der Waals surface area contributed by atoms with Crippen LogP contribution in [0.1, 0.15) is 101 Å². The van der Waals surface area contributed by atoms with E-state index in [1.807, 2.05) is 0 Å². The first kappa shape index (κ1) is 29.4. The molecule has 1 atom stereocenters. The fourth-order valence-corrected chi connectivity index (χ4v) is 6.32. The average molecular weight is 577 g/mol. The Balaban J connectivity index is 1.18. The quantitative estimate of drug-likeness (QED) is 0.423. The van der Waals surface area contributed by atoms with Crippen molar-refractivity contribution in [3.8, 4) is 0 Å². The molecule has 0 bridgehead atoms. The van der Waals surface area contributed by atoms with Crippen LogP contribution in [0.25, 0.3) is 0 Å². The van der Waals surface area contributed by atoms with Gasteiger partial charge in [-0.15, -0.1) is 0 Å². The summed E-state index contributed by atoms with van der Waals surface area (Å²) in [5.74, 6) is -2.99. The van der Waals surface area contributed by atoms with E-state index in [1.54, 1.807) is 0 Å². The largest absolute Gasteiger partial charge is 0.380 e. The maximum Gasteiger partial charge on any atom is 0.262 e. The third-order valence-electron chi connectivity index (χ3n) is 8.84. The van der Waals surface area contributed by atoms with Crippen LogP contribution in [0.5, 0.6) is 0 Å². The predicted molar refractivity (Wildman–Crippen MR) is 154 cm³/mol. The van der Waals surface area contributed by atoms with Gasteiger partial charge in [-0.05, 0) is 86.3 Å². The van der Waals surface area contributed by atoms with Gasteiger partial charge in [0.1, 0.15) is 11.9 Å². The van der Waals surface area contributed by atoms with Gasteiger partial charge in [-0.3, -0.25) is 34.2 Å². The smallest absolute Gasteiger partial charge is 0.262 e. The number of carbonyl (C=O) groups is 5. The van der Waals surface area contributed by atoms with Gasteiger partial charge >= 0.3 is 0 Å². The minimum Gasteiger partial charge on any atom is -0.380 e. The number of anilines is 1. The maximum atomic E-state index is 15.1. The SMILES string of the molecule is Cc1cc(CNC(=O)C2CCC(Nc3cc4c(cc3F)C(=O)N(C3CCC(=O)NC3=O)C4=O)CC2)cc(C(C)C)c1C. The topological polar surface area (TPSA) is 125 Å². The van der Waals surface area contributed by atoms with E-state index in [0.29, 0.717) is 38.1 Å². The average Bonchev–Trinajstić information content (AvgIpc) is 3.18. The molecule has 2 aromatic carbocycles. The van der Waals surface area contributed by atoms with Gasteiger partial charge in [0.15, 0.2) is 0 Å². The van der Waals surface area contributed by atoms with Crippen LogP contribution in [-0.2, 0) is 20.9 Å². The molecular weight excluding hydrogens is 539 g/mol. The summed E-state index contributed by atoms with van der Waals surface area (Å²) in [4.78, 5) is 63.6. The second-order valence-electron chi connectivity index (χ2n) is 12.0. The van der Waals surface area contributed by atoms with Gasteiger partial charge in [-0.1, -0.05) is 26.0 Å². The second-order valence-corrected chi connectivity index (χ2v) is 12.0. The molecule has 9 nitrogen and oxygen atoms in total. The molecule has 2 aromatic rings. The number of carbonyl (C=O) groups excluding carboxylic acids is 5. The molecule has 2 heterocycles. The number of nitrogens with zero attached hydrogens (tertiary/aromatic N) is 1. The molecule has 2 aliphatic heterocycles. The Morgan fingerprint density at radius 1 is 0.976 bits per heavy atom. The molecule has 2 fully saturated rings. The van der Waals surface area contributed by atoms with Crippen LogP contribution in [0.15, 0.2) is 24.3 Å². The van der Waals surface area contributed by atoms with E-state index in [4.69, 9.17) is 0 Å². The molecule has 5 rings (SSSR count). The second kappa shape index (κ2) is 11.7. The van der Waals surface area contributed by atoms with Crippen LogP contribution >= 0.6 is 0 Å². The van der Waals surface area contributed by atoms with Crippen molar-refractivity contribution in [3.05, 3.63) is 63.5 Å². The van der Waals surface area contributed by atoms with Crippen molar-refractivity contribution in [1.82, 2.24) is 15.5 Å². The molecule has 5 amide bonds. The van der Waals surface area contributed by atoms with E-state index in [9.17, 15) is 24.0 Å². The van der Waals surface area contributed by atoms with E-state index in [-0.39, 0.29) is 47.5 Å². The molecule has 3 N–H and O–H groups in total. The van der Waals surface area contributed by atoms with Gasteiger partial charge in [-0.25, -0.2) is 4.39 Å². The van der Waals surface area contributed by atoms with Crippen LogP contribution in [0.4, 0.5) is 10.1 Å². The van der Waals surface area contributed by atoms with Gasteiger partial charge in [0.05, 0.1) is 16.8 Å². The highest BCUT2D eigenvalue weighted by molar-refractivity contribution is 6.23. The standard InChI is InChI=1S/C32H37FN4O5/c1-16(2)22-12-19(11-17(3)18(22)4)15-34-29(39)20-5-7-21(8-6-20)35-26-14-24-23(13-25(26)33)31(41)37(32(24)42)27-9-10-28(38)36-30(27)40/h11-14,16,20-21,27,35H,5-10,15H2,1-4H3,(H,34,39)(H,36,38,40). The fourth-order valence-electron chi connectivity index (χ4n) is 6.32. The first-order valence-corrected chi connectivity index (χ1v) is 14.6. The number of hydrogen-bond acceptors (Lipinski definition) is 6. The monoisotopic (exact) mass is 576 g/mol. The van der Waals surface area contributed by atoms with Crippen molar-refractivity contribution in [3.63, 3.8) is 0 Å². The Labute approximate surface area is 244 Å². The molecule has 1 unspecified atom stereocenters. The number of amides is 5. The molecule has 1 saturated heterocycles. The number of benzene rings is 2. The van der Waals surface area contributed by atoms with Crippen LogP contribution < -0.4 is 16.0 Å². The minimum atomic E-state index is -1.11. The van der Waals surface area contributed by atoms with Gasteiger partial charge in [0, 0.05) is 24.9 Å². The van der Waals surface area contributed by atoms with Crippen LogP contribution in [0, 0.1) is 25.6 Å². The van der Waals surface area contributed by atoms with Crippen LogP contribution in [0.3, 0.4) is 0 Å². The molecule has 1 saturated carbocycles. The first-order valence-electron chi connectivity index (χ1n) is 14.6. The number of piperidine rings is 1. The highest BCUT2D eigenvalue weighted by Gasteiger charge is 2.45. The van der Waals surface area contributed by atoms with Gasteiger partial charge < -0.3 is 10.6 Å². The summed E-state index contributed by atoms with van der Waals surface area (Å²) in [6.45, 7) is 9.02. The molecule has 222 valence electrons. The van der Waals surface area contributed by atoms with Crippen molar-refractivity contribution in [2.45, 2.75) is 90.8 Å². The normalized spacial score (nSPS) is 22.3. The van der Waals surface area contributed by atoms with Crippen molar-refractivity contribution >= 4 is 35.2 Å². The maximum absolute atomic E-state index is 15.1. The van der Waals surface area contributed by atoms with Gasteiger partial charge in [0.2, 0.25) is 17.7 Å². The molecular formula is C32H37FN4O5. The van der Waals surface area contributed by atoms with Crippen molar-refractivity contribution < 1.29 is 28.4 Å². The van der Waals surface area contributed by atoms with E-state index in [0.717, 1.165) is 16.5 Å². The summed E-state index contributed by atoms with van der Waals surface area (Å²) in [6.07, 6.45) is 2.61. The van der Waals surface area contributed by atoms with Crippen LogP contribution in [0.2, 0.25) is 0 Å². The number of hydrogen-bond donors (Lipinski definition) is 3. The molecule has 0 spiro atoms. The Morgan fingerprint density at radius 3 is 2.29 bits per heavy atom. The summed E-state index contributed by atoms with van der Waals surface area (Å²) in [6, 6.07) is 5.43. The van der Waals surface area contributed by atoms with Crippen molar-refractivity contribution in [2.24, 2.45) is 5.92 Å². The molecule has 0 radical (unpaired) electrons. The van der Waals surface area contributed by atoms with E-state index < -0.39 is 35.5 Å². The minimum absolute atomic E-state index is 0.0103. The van der Waals surface area contributed by atoms with E-state index in [1.165, 1.54) is 22.8 Å². The lowest BCUT2D eigenvalue weighted by molar-refractivity contribution is -0.136. The summed E-state index contributed by atoms with van der Waals surface area (Å²) in [5, 5.41) is 8.39. The zero-order valence-corrected chi connectivity index (χ0v) is 24.4. The lowest BCUT2D eigenvalue weighted by atomic mass is 9.85. The van der Waals surface area contributed by atoms with Gasteiger partial charge in [0.25, 0.3) is 11.8 Å². The molecule has 10 heteroatoms. The summed E-state index contributed by atoms with van der Waals surface area (Å²) in [5.41, 5.74) is 4.90. The highest BCUT2D eigenvalue weighted by atomic mass is 19.1. The Hall–Kier alpha value is -4.08. The molecule has 3 aliphatic rings. The lowest BCUT2D eigenvalue weighted by Crippen LogP contribution is -2.54. The van der Waals surface area contributed by atoms with Crippen molar-refractivity contribution in [1.29, 1.82) is 0 Å². The van der Waals surface area contributed by atoms with Crippen molar-refractivity contribution in [2.75, 3.05) is 5.32 Å². The van der Waals surface area contributed by atoms with Gasteiger partial charge in [-0.2, -0.15) is 0 Å². The number of fused-ring (bicyclic) bond motifs is 1. The third kappa shape index (κ3) is 5.67. The highest BCUT2D eigenvalue weighted by Crippen LogP contribution is 2.33. The van der Waals surface area contributed by atoms with E-state index in [2.05, 4.69) is 55.8 Å². The first-order chi connectivity index (χ1) is 19.9. The number of nitrogens with one attached hydrogen (secondary N) is 3. The fraction of sp³-hybridized carbons (Fsp3) is 0.469. The number of rotatable bonds is 7. The summed E-state index contributed by atoms with van der Waals surface area (Å²) in [7, 11) is 0. The third-order valence-corrected chi connectivity index (χ3v) is 8.84. The zero-order chi connectivity index (χ0) is 30.3. The molecule has 0 aromatic heterocycles. The lowest BCUT2D eigenvalue weighted by Gasteiger charge is -2.29. The summed E-state index contributed by atoms with van der Waals surface area (Å²) < 4.78 is 15.1. The number of aryl methyl sites for hydroxylation is 1. The van der Waals surface area contributed by atoms with E-state index >= 15 is 4.39 Å². The Kier molecular flexibility index (Phi) is 8.17. The number of imide groups is 2. The van der Waals surface area contributed by atoms with Crippen LogP contribution in [-0.4, -0.2) is 46.5 Å². The number of halogens is 1.